The predicted octanol–water partition coefficient (Wildman–Crippen LogP) is 4.17. The molecule has 150 valence electrons. The van der Waals surface area contributed by atoms with Crippen LogP contribution in [0.3, 0.4) is 0 Å². The lowest BCUT2D eigenvalue weighted by molar-refractivity contribution is 0.415. The number of methoxy groups -OCH3 is 1. The maximum atomic E-state index is 5.21. The zero-order valence-electron chi connectivity index (χ0n) is 17.2. The first kappa shape index (κ1) is 19.1. The van der Waals surface area contributed by atoms with Gasteiger partial charge in [0.25, 0.3) is 0 Å². The Labute approximate surface area is 172 Å². The molecule has 6 nitrogen and oxygen atoms in total. The molecule has 29 heavy (non-hydrogen) atoms. The lowest BCUT2D eigenvalue weighted by atomic mass is 10.1. The van der Waals surface area contributed by atoms with Crippen LogP contribution in [0.4, 0.5) is 23.0 Å². The fourth-order valence-corrected chi connectivity index (χ4v) is 3.65. The molecular formula is C23H27N5O. The topological polar surface area (TPSA) is 53.5 Å². The van der Waals surface area contributed by atoms with Gasteiger partial charge in [0.2, 0.25) is 0 Å². The van der Waals surface area contributed by atoms with Gasteiger partial charge in [-0.3, -0.25) is 0 Å². The van der Waals surface area contributed by atoms with Gasteiger partial charge in [-0.15, -0.1) is 0 Å². The molecular weight excluding hydrogens is 362 g/mol. The Morgan fingerprint density at radius 3 is 2.31 bits per heavy atom. The van der Waals surface area contributed by atoms with Gasteiger partial charge < -0.3 is 19.9 Å². The van der Waals surface area contributed by atoms with Crippen molar-refractivity contribution in [3.63, 3.8) is 0 Å². The van der Waals surface area contributed by atoms with Gasteiger partial charge in [0.1, 0.15) is 23.7 Å². The van der Waals surface area contributed by atoms with E-state index in [9.17, 15) is 0 Å². The number of ether oxygens (including phenoxy) is 1. The summed E-state index contributed by atoms with van der Waals surface area (Å²) < 4.78 is 5.21. The zero-order chi connectivity index (χ0) is 20.2. The normalized spacial score (nSPS) is 14.0. The van der Waals surface area contributed by atoms with Gasteiger partial charge in [-0.2, -0.15) is 0 Å². The highest BCUT2D eigenvalue weighted by Crippen LogP contribution is 2.25. The monoisotopic (exact) mass is 389 g/mol. The second kappa shape index (κ2) is 8.39. The molecule has 0 aliphatic carbocycles. The van der Waals surface area contributed by atoms with Crippen LogP contribution >= 0.6 is 0 Å². The molecule has 0 bridgehead atoms. The van der Waals surface area contributed by atoms with Crippen LogP contribution < -0.4 is 19.9 Å². The number of rotatable bonds is 5. The highest BCUT2D eigenvalue weighted by Gasteiger charge is 2.20. The van der Waals surface area contributed by atoms with Crippen molar-refractivity contribution in [1.82, 2.24) is 9.97 Å². The maximum absolute atomic E-state index is 5.21. The lowest BCUT2D eigenvalue weighted by Crippen LogP contribution is -2.47. The number of hydrogen-bond acceptors (Lipinski definition) is 6. The molecule has 1 aromatic heterocycles. The van der Waals surface area contributed by atoms with Crippen molar-refractivity contribution in [2.75, 3.05) is 48.4 Å². The summed E-state index contributed by atoms with van der Waals surface area (Å²) in [5.41, 5.74) is 4.94. The minimum atomic E-state index is 0.789. The summed E-state index contributed by atoms with van der Waals surface area (Å²) in [5, 5.41) is 3.34. The summed E-state index contributed by atoms with van der Waals surface area (Å²) in [4.78, 5) is 13.7. The highest BCUT2D eigenvalue weighted by atomic mass is 16.5. The molecule has 6 heteroatoms. The second-order valence-electron chi connectivity index (χ2n) is 7.38. The molecule has 0 saturated carbocycles. The summed E-state index contributed by atoms with van der Waals surface area (Å²) in [7, 11) is 1.67. The number of anilines is 4. The standard InChI is InChI=1S/C23H27N5O/c1-17-4-5-18(2)21(14-17)27-10-12-28(13-11-27)23-15-22(24-16-25-23)26-19-6-8-20(29-3)9-7-19/h4-9,14-16H,10-13H2,1-3H3,(H,24,25,26). The van der Waals surface area contributed by atoms with E-state index in [1.165, 1.54) is 16.8 Å². The molecule has 1 fully saturated rings. The van der Waals surface area contributed by atoms with Crippen molar-refractivity contribution in [1.29, 1.82) is 0 Å². The van der Waals surface area contributed by atoms with Gasteiger partial charge in [0.05, 0.1) is 7.11 Å². The Morgan fingerprint density at radius 2 is 1.59 bits per heavy atom. The van der Waals surface area contributed by atoms with Gasteiger partial charge in [-0.05, 0) is 55.3 Å². The number of nitrogens with one attached hydrogen (secondary N) is 1. The lowest BCUT2D eigenvalue weighted by Gasteiger charge is -2.37. The molecule has 3 aromatic rings. The van der Waals surface area contributed by atoms with E-state index < -0.39 is 0 Å². The molecule has 0 atom stereocenters. The van der Waals surface area contributed by atoms with E-state index >= 15 is 0 Å². The molecule has 2 aromatic carbocycles. The summed E-state index contributed by atoms with van der Waals surface area (Å²) >= 11 is 0. The van der Waals surface area contributed by atoms with Crippen LogP contribution in [0.1, 0.15) is 11.1 Å². The Balaban J connectivity index is 1.42. The molecule has 1 aliphatic heterocycles. The van der Waals surface area contributed by atoms with E-state index in [4.69, 9.17) is 4.74 Å². The first-order valence-corrected chi connectivity index (χ1v) is 9.92. The van der Waals surface area contributed by atoms with Crippen molar-refractivity contribution in [2.24, 2.45) is 0 Å². The summed E-state index contributed by atoms with van der Waals surface area (Å²) in [5.74, 6) is 2.58. The highest BCUT2D eigenvalue weighted by molar-refractivity contribution is 5.61. The molecule has 0 unspecified atom stereocenters. The largest absolute Gasteiger partial charge is 0.497 e. The summed E-state index contributed by atoms with van der Waals surface area (Å²) in [6.45, 7) is 8.17. The van der Waals surface area contributed by atoms with Gasteiger partial charge >= 0.3 is 0 Å². The van der Waals surface area contributed by atoms with Crippen LogP contribution in [-0.2, 0) is 0 Å². The van der Waals surface area contributed by atoms with E-state index in [0.717, 1.165) is 49.3 Å². The van der Waals surface area contributed by atoms with Crippen LogP contribution in [0, 0.1) is 13.8 Å². The SMILES string of the molecule is COc1ccc(Nc2cc(N3CCN(c4cc(C)ccc4C)CC3)ncn2)cc1. The number of nitrogens with zero attached hydrogens (tertiary/aromatic N) is 4. The van der Waals surface area contributed by atoms with Crippen LogP contribution in [0.25, 0.3) is 0 Å². The molecule has 4 rings (SSSR count). The summed E-state index contributed by atoms with van der Waals surface area (Å²) in [6, 6.07) is 16.5. The number of piperazine rings is 1. The Hall–Kier alpha value is -3.28. The Bertz CT molecular complexity index is 965. The molecule has 0 spiro atoms. The Morgan fingerprint density at radius 1 is 0.862 bits per heavy atom. The van der Waals surface area contributed by atoms with E-state index in [0.29, 0.717) is 0 Å². The van der Waals surface area contributed by atoms with Crippen LogP contribution in [0.2, 0.25) is 0 Å². The van der Waals surface area contributed by atoms with Gasteiger partial charge in [0.15, 0.2) is 0 Å². The maximum Gasteiger partial charge on any atom is 0.135 e. The molecule has 1 aliphatic rings. The quantitative estimate of drug-likeness (QED) is 0.707. The first-order chi connectivity index (χ1) is 14.1. The fourth-order valence-electron chi connectivity index (χ4n) is 3.65. The van der Waals surface area contributed by atoms with Crippen LogP contribution in [-0.4, -0.2) is 43.3 Å². The molecule has 1 saturated heterocycles. The van der Waals surface area contributed by atoms with E-state index in [2.05, 4.69) is 57.1 Å². The number of aryl methyl sites for hydroxylation is 2. The van der Waals surface area contributed by atoms with E-state index in [1.54, 1.807) is 13.4 Å². The minimum Gasteiger partial charge on any atom is -0.497 e. The molecule has 0 amide bonds. The average molecular weight is 390 g/mol. The Kier molecular flexibility index (Phi) is 5.51. The van der Waals surface area contributed by atoms with Crippen molar-refractivity contribution in [3.05, 3.63) is 66.0 Å². The van der Waals surface area contributed by atoms with Gasteiger partial charge in [-0.25, -0.2) is 9.97 Å². The van der Waals surface area contributed by atoms with Crippen LogP contribution in [0.5, 0.6) is 5.75 Å². The zero-order valence-corrected chi connectivity index (χ0v) is 17.2. The smallest absolute Gasteiger partial charge is 0.135 e. The third-order valence-corrected chi connectivity index (χ3v) is 5.32. The average Bonchev–Trinajstić information content (AvgIpc) is 2.76. The summed E-state index contributed by atoms with van der Waals surface area (Å²) in [6.07, 6.45) is 1.62. The van der Waals surface area contributed by atoms with Gasteiger partial charge in [-0.1, -0.05) is 12.1 Å². The van der Waals surface area contributed by atoms with E-state index in [-0.39, 0.29) is 0 Å². The van der Waals surface area contributed by atoms with Crippen molar-refractivity contribution in [3.8, 4) is 5.75 Å². The van der Waals surface area contributed by atoms with Crippen molar-refractivity contribution >= 4 is 23.0 Å². The third-order valence-electron chi connectivity index (χ3n) is 5.32. The van der Waals surface area contributed by atoms with Gasteiger partial charge in [0, 0.05) is 43.6 Å². The minimum absolute atomic E-state index is 0.789. The van der Waals surface area contributed by atoms with Crippen molar-refractivity contribution in [2.45, 2.75) is 13.8 Å². The molecule has 2 heterocycles. The number of benzene rings is 2. The first-order valence-electron chi connectivity index (χ1n) is 9.92. The number of hydrogen-bond donors (Lipinski definition) is 1. The van der Waals surface area contributed by atoms with E-state index in [1.807, 2.05) is 30.3 Å². The van der Waals surface area contributed by atoms with Crippen molar-refractivity contribution < 1.29 is 4.74 Å². The number of aromatic nitrogens is 2. The molecule has 0 radical (unpaired) electrons. The fraction of sp³-hybridized carbons (Fsp3) is 0.304. The third kappa shape index (κ3) is 4.42. The predicted molar refractivity (Wildman–Crippen MR) is 119 cm³/mol. The second-order valence-corrected chi connectivity index (χ2v) is 7.38. The molecule has 1 N–H and O–H groups in total. The van der Waals surface area contributed by atoms with Crippen LogP contribution in [0.15, 0.2) is 54.9 Å².